The fraction of sp³-hybridized carbons (Fsp3) is 0.205. The molecule has 1 aliphatic heterocycles. The standard InChI is InChI=1S/C39H33F3N10O2S2/c1-16-18(3)48-50-38-27(16)30(43)33(55-38)36(53)45-13-20-5-7-21(8-6-20)23-10-12-26(47-35(23)42)24-9-11-25(40)29(41)32(24)52-14-22(15-52)46-37(54)34-31(44)28-17(2)19(4)49-51-39(28)56-34/h5-12,22H,13-15,43-44H2,1-4H3,(H,45,53)(H,46,54). The van der Waals surface area contributed by atoms with Crippen LogP contribution in [0.4, 0.5) is 30.2 Å². The third-order valence-corrected chi connectivity index (χ3v) is 12.3. The van der Waals surface area contributed by atoms with Gasteiger partial charge < -0.3 is 27.0 Å². The Hall–Kier alpha value is -6.20. The van der Waals surface area contributed by atoms with Gasteiger partial charge in [-0.15, -0.1) is 32.9 Å². The van der Waals surface area contributed by atoms with Crippen LogP contribution in [0.1, 0.15) is 47.4 Å². The second kappa shape index (κ2) is 14.1. The van der Waals surface area contributed by atoms with Crippen LogP contribution in [0.2, 0.25) is 0 Å². The van der Waals surface area contributed by atoms with E-state index in [0.717, 1.165) is 45.2 Å². The van der Waals surface area contributed by atoms with Crippen LogP contribution in [-0.2, 0) is 6.54 Å². The molecule has 0 unspecified atom stereocenters. The van der Waals surface area contributed by atoms with Crippen molar-refractivity contribution in [1.82, 2.24) is 36.0 Å². The summed E-state index contributed by atoms with van der Waals surface area (Å²) < 4.78 is 45.6. The molecule has 1 aliphatic rings. The lowest BCUT2D eigenvalue weighted by molar-refractivity contribution is 0.0932. The van der Waals surface area contributed by atoms with Gasteiger partial charge in [-0.2, -0.15) is 14.6 Å². The molecule has 56 heavy (non-hydrogen) atoms. The summed E-state index contributed by atoms with van der Waals surface area (Å²) in [5.41, 5.74) is 18.2. The summed E-state index contributed by atoms with van der Waals surface area (Å²) in [4.78, 5) is 33.7. The quantitative estimate of drug-likeness (QED) is 0.120. The monoisotopic (exact) mass is 794 g/mol. The number of pyridine rings is 1. The fourth-order valence-electron chi connectivity index (χ4n) is 6.74. The number of carbonyl (C=O) groups is 2. The van der Waals surface area contributed by atoms with Crippen LogP contribution >= 0.6 is 22.7 Å². The molecule has 0 bridgehead atoms. The van der Waals surface area contributed by atoms with Crippen LogP contribution in [-0.4, -0.2) is 56.3 Å². The number of amides is 2. The summed E-state index contributed by atoms with van der Waals surface area (Å²) >= 11 is 2.32. The lowest BCUT2D eigenvalue weighted by atomic mass is 10.00. The van der Waals surface area contributed by atoms with E-state index in [1.807, 2.05) is 27.7 Å². The van der Waals surface area contributed by atoms with Crippen molar-refractivity contribution >= 4 is 72.0 Å². The molecule has 0 radical (unpaired) electrons. The topological polar surface area (TPSA) is 178 Å². The predicted octanol–water partition coefficient (Wildman–Crippen LogP) is 6.79. The van der Waals surface area contributed by atoms with Crippen LogP contribution in [0.5, 0.6) is 0 Å². The number of thiophene rings is 2. The molecule has 1 saturated heterocycles. The molecule has 8 rings (SSSR count). The molecule has 12 nitrogen and oxygen atoms in total. The highest BCUT2D eigenvalue weighted by molar-refractivity contribution is 7.21. The summed E-state index contributed by atoms with van der Waals surface area (Å²) in [5.74, 6) is -3.72. The number of hydrogen-bond donors (Lipinski definition) is 4. The molecule has 6 N–H and O–H groups in total. The van der Waals surface area contributed by atoms with E-state index in [4.69, 9.17) is 11.5 Å². The van der Waals surface area contributed by atoms with Crippen LogP contribution < -0.4 is 27.0 Å². The number of aromatic nitrogens is 5. The number of benzene rings is 2. The Morgan fingerprint density at radius 1 is 0.768 bits per heavy atom. The Morgan fingerprint density at radius 3 is 1.93 bits per heavy atom. The Bertz CT molecular complexity index is 2750. The molecule has 5 aromatic heterocycles. The summed E-state index contributed by atoms with van der Waals surface area (Å²) in [6, 6.07) is 11.9. The van der Waals surface area contributed by atoms with Crippen molar-refractivity contribution in [2.24, 2.45) is 0 Å². The summed E-state index contributed by atoms with van der Waals surface area (Å²) in [5, 5.41) is 23.8. The molecule has 17 heteroatoms. The van der Waals surface area contributed by atoms with E-state index >= 15 is 8.78 Å². The molecule has 0 saturated carbocycles. The molecule has 284 valence electrons. The zero-order valence-electron chi connectivity index (χ0n) is 30.4. The minimum absolute atomic E-state index is 0.0834. The van der Waals surface area contributed by atoms with E-state index in [1.165, 1.54) is 23.5 Å². The fourth-order valence-corrected chi connectivity index (χ4v) is 8.76. The molecule has 7 aromatic rings. The second-order valence-electron chi connectivity index (χ2n) is 13.6. The molecule has 0 aliphatic carbocycles. The molecular weight excluding hydrogens is 762 g/mol. The smallest absolute Gasteiger partial charge is 0.263 e. The SMILES string of the molecule is Cc1nnc2sc(C(=O)NCc3ccc(-c4ccc(-c5ccc(F)c(F)c5N5CC(NC(=O)c6sc7nnc(C)c(C)c7c6N)C5)nc4F)cc3)c(N)c2c1C. The third kappa shape index (κ3) is 6.31. The summed E-state index contributed by atoms with van der Waals surface area (Å²) in [6.07, 6.45) is 0. The Kier molecular flexibility index (Phi) is 9.28. The first-order valence-corrected chi connectivity index (χ1v) is 19.1. The number of aryl methyl sites for hydroxylation is 4. The largest absolute Gasteiger partial charge is 0.397 e. The van der Waals surface area contributed by atoms with E-state index in [9.17, 15) is 14.0 Å². The zero-order chi connectivity index (χ0) is 39.6. The molecule has 0 atom stereocenters. The van der Waals surface area contributed by atoms with Crippen LogP contribution in [0.25, 0.3) is 42.8 Å². The maximum atomic E-state index is 15.6. The van der Waals surface area contributed by atoms with Crippen LogP contribution in [0, 0.1) is 45.3 Å². The maximum Gasteiger partial charge on any atom is 0.263 e. The molecule has 2 amide bonds. The number of fused-ring (bicyclic) bond motifs is 2. The number of nitrogen functional groups attached to an aromatic ring is 2. The van der Waals surface area contributed by atoms with Crippen molar-refractivity contribution in [2.45, 2.75) is 40.3 Å². The average Bonchev–Trinajstić information content (AvgIpc) is 3.70. The van der Waals surface area contributed by atoms with E-state index in [0.29, 0.717) is 47.4 Å². The number of nitrogens with zero attached hydrogens (tertiary/aromatic N) is 6. The van der Waals surface area contributed by atoms with Crippen LogP contribution in [0.15, 0.2) is 48.5 Å². The average molecular weight is 795 g/mol. The molecular formula is C39H33F3N10O2S2. The highest BCUT2D eigenvalue weighted by Crippen LogP contribution is 2.39. The Labute approximate surface area is 325 Å². The van der Waals surface area contributed by atoms with E-state index < -0.39 is 29.5 Å². The zero-order valence-corrected chi connectivity index (χ0v) is 32.1. The van der Waals surface area contributed by atoms with E-state index in [2.05, 4.69) is 36.0 Å². The number of halogens is 3. The minimum Gasteiger partial charge on any atom is -0.397 e. The van der Waals surface area contributed by atoms with Gasteiger partial charge in [0.05, 0.1) is 40.2 Å². The lowest BCUT2D eigenvalue weighted by Crippen LogP contribution is -2.59. The van der Waals surface area contributed by atoms with Gasteiger partial charge in [0.15, 0.2) is 11.6 Å². The van der Waals surface area contributed by atoms with Gasteiger partial charge in [-0.1, -0.05) is 24.3 Å². The predicted molar refractivity (Wildman–Crippen MR) is 212 cm³/mol. The second-order valence-corrected chi connectivity index (χ2v) is 15.6. The first kappa shape index (κ1) is 36.8. The lowest BCUT2D eigenvalue weighted by Gasteiger charge is -2.42. The van der Waals surface area contributed by atoms with Crippen molar-refractivity contribution in [1.29, 1.82) is 0 Å². The number of hydrogen-bond acceptors (Lipinski definition) is 12. The molecule has 0 spiro atoms. The first-order chi connectivity index (χ1) is 26.8. The number of anilines is 3. The van der Waals surface area contributed by atoms with Crippen molar-refractivity contribution in [3.05, 3.63) is 104 Å². The summed E-state index contributed by atoms with van der Waals surface area (Å²) in [6.45, 7) is 7.94. The number of nitrogens with one attached hydrogen (secondary N) is 2. The molecule has 2 aromatic carbocycles. The number of rotatable bonds is 8. The van der Waals surface area contributed by atoms with Crippen molar-refractivity contribution in [2.75, 3.05) is 29.5 Å². The van der Waals surface area contributed by atoms with Crippen LogP contribution in [0.3, 0.4) is 0 Å². The van der Waals surface area contributed by atoms with Crippen molar-refractivity contribution < 1.29 is 22.8 Å². The number of nitrogens with two attached hydrogens (primary N) is 2. The molecule has 1 fully saturated rings. The molecule has 6 heterocycles. The third-order valence-electron chi connectivity index (χ3n) is 10.1. The van der Waals surface area contributed by atoms with Crippen molar-refractivity contribution in [3.8, 4) is 22.4 Å². The summed E-state index contributed by atoms with van der Waals surface area (Å²) in [7, 11) is 0. The van der Waals surface area contributed by atoms with Gasteiger partial charge in [0.1, 0.15) is 19.4 Å². The highest BCUT2D eigenvalue weighted by Gasteiger charge is 2.34. The Balaban J connectivity index is 0.946. The van der Waals surface area contributed by atoms with Gasteiger partial charge >= 0.3 is 0 Å². The van der Waals surface area contributed by atoms with Gasteiger partial charge in [-0.3, -0.25) is 9.59 Å². The van der Waals surface area contributed by atoms with E-state index in [1.54, 1.807) is 35.2 Å². The minimum atomic E-state index is -1.10. The van der Waals surface area contributed by atoms with E-state index in [-0.39, 0.29) is 48.0 Å². The first-order valence-electron chi connectivity index (χ1n) is 17.4. The van der Waals surface area contributed by atoms with Gasteiger partial charge in [0, 0.05) is 41.5 Å². The van der Waals surface area contributed by atoms with Gasteiger partial charge in [-0.25, -0.2) is 13.8 Å². The number of carbonyl (C=O) groups excluding carboxylic acids is 2. The van der Waals surface area contributed by atoms with Gasteiger partial charge in [-0.05, 0) is 74.2 Å². The van der Waals surface area contributed by atoms with Gasteiger partial charge in [0.25, 0.3) is 11.8 Å². The van der Waals surface area contributed by atoms with Gasteiger partial charge in [0.2, 0.25) is 5.95 Å². The maximum absolute atomic E-state index is 15.6. The Morgan fingerprint density at radius 2 is 1.34 bits per heavy atom. The highest BCUT2D eigenvalue weighted by atomic mass is 32.1. The van der Waals surface area contributed by atoms with Crippen molar-refractivity contribution in [3.63, 3.8) is 0 Å². The normalized spacial score (nSPS) is 13.0.